The summed E-state index contributed by atoms with van der Waals surface area (Å²) in [5.74, 6) is 0.410. The van der Waals surface area contributed by atoms with E-state index in [0.717, 1.165) is 12.8 Å². The zero-order valence-electron chi connectivity index (χ0n) is 11.1. The zero-order valence-corrected chi connectivity index (χ0v) is 11.9. The average Bonchev–Trinajstić information content (AvgIpc) is 2.40. The van der Waals surface area contributed by atoms with Crippen LogP contribution in [-0.4, -0.2) is 38.1 Å². The van der Waals surface area contributed by atoms with Gasteiger partial charge in [0.25, 0.3) is 0 Å². The van der Waals surface area contributed by atoms with Crippen LogP contribution >= 0.6 is 0 Å². The molecule has 1 fully saturated rings. The number of likely N-dealkylation sites (tertiary alicyclic amines) is 1. The van der Waals surface area contributed by atoms with Gasteiger partial charge in [-0.15, -0.1) is 0 Å². The van der Waals surface area contributed by atoms with Gasteiger partial charge in [0.05, 0.1) is 10.6 Å². The van der Waals surface area contributed by atoms with E-state index in [1.807, 2.05) is 6.07 Å². The van der Waals surface area contributed by atoms with Crippen molar-refractivity contribution in [3.63, 3.8) is 0 Å². The van der Waals surface area contributed by atoms with Gasteiger partial charge in [0.2, 0.25) is 5.91 Å². The van der Waals surface area contributed by atoms with Crippen LogP contribution in [0.5, 0.6) is 0 Å². The Bertz CT molecular complexity index is 531. The number of nitrogens with zero attached hydrogens (tertiary/aromatic N) is 1. The molecule has 1 heterocycles. The highest BCUT2D eigenvalue weighted by Crippen LogP contribution is 2.22. The van der Waals surface area contributed by atoms with Gasteiger partial charge in [-0.25, -0.2) is 8.42 Å². The second-order valence-electron chi connectivity index (χ2n) is 5.04. The van der Waals surface area contributed by atoms with Gasteiger partial charge in [-0.05, 0) is 30.9 Å². The predicted molar refractivity (Wildman–Crippen MR) is 73.5 cm³/mol. The summed E-state index contributed by atoms with van der Waals surface area (Å²) in [4.78, 5) is 13.4. The second kappa shape index (κ2) is 5.74. The maximum Gasteiger partial charge on any atom is 0.219 e. The monoisotopic (exact) mass is 281 g/mol. The largest absolute Gasteiger partial charge is 0.343 e. The molecule has 1 aromatic rings. The molecular formula is C14H19NO3S. The first-order valence-corrected chi connectivity index (χ1v) is 8.17. The van der Waals surface area contributed by atoms with Gasteiger partial charge in [-0.2, -0.15) is 0 Å². The number of rotatable bonds is 3. The number of sulfone groups is 1. The SMILES string of the molecule is CC(=O)N1CCC(CS(=O)(=O)c2ccccc2)CC1. The van der Waals surface area contributed by atoms with E-state index < -0.39 is 9.84 Å². The molecule has 19 heavy (non-hydrogen) atoms. The van der Waals surface area contributed by atoms with Crippen LogP contribution in [0.3, 0.4) is 0 Å². The molecule has 0 atom stereocenters. The number of piperidine rings is 1. The van der Waals surface area contributed by atoms with Gasteiger partial charge in [0.15, 0.2) is 9.84 Å². The summed E-state index contributed by atoms with van der Waals surface area (Å²) in [5, 5.41) is 0. The summed E-state index contributed by atoms with van der Waals surface area (Å²) in [7, 11) is -3.20. The molecule has 0 saturated carbocycles. The molecule has 2 rings (SSSR count). The van der Waals surface area contributed by atoms with E-state index in [9.17, 15) is 13.2 Å². The molecule has 0 N–H and O–H groups in total. The number of amides is 1. The maximum atomic E-state index is 12.2. The smallest absolute Gasteiger partial charge is 0.219 e. The van der Waals surface area contributed by atoms with Crippen LogP contribution in [0.1, 0.15) is 19.8 Å². The van der Waals surface area contributed by atoms with E-state index in [1.165, 1.54) is 0 Å². The Morgan fingerprint density at radius 2 is 1.79 bits per heavy atom. The number of hydrogen-bond donors (Lipinski definition) is 0. The highest BCUT2D eigenvalue weighted by molar-refractivity contribution is 7.91. The van der Waals surface area contributed by atoms with Gasteiger partial charge in [-0.3, -0.25) is 4.79 Å². The Labute approximate surface area is 114 Å². The van der Waals surface area contributed by atoms with Crippen molar-refractivity contribution in [2.75, 3.05) is 18.8 Å². The molecule has 0 bridgehead atoms. The van der Waals surface area contributed by atoms with E-state index >= 15 is 0 Å². The number of carbonyl (C=O) groups is 1. The van der Waals surface area contributed by atoms with Crippen molar-refractivity contribution >= 4 is 15.7 Å². The summed E-state index contributed by atoms with van der Waals surface area (Å²) < 4.78 is 24.5. The van der Waals surface area contributed by atoms with E-state index in [4.69, 9.17) is 0 Å². The third-order valence-electron chi connectivity index (χ3n) is 3.62. The van der Waals surface area contributed by atoms with Crippen LogP contribution in [0.2, 0.25) is 0 Å². The summed E-state index contributed by atoms with van der Waals surface area (Å²) in [6.45, 7) is 2.90. The molecule has 0 aliphatic carbocycles. The molecule has 1 aromatic carbocycles. The van der Waals surface area contributed by atoms with Crippen LogP contribution < -0.4 is 0 Å². The van der Waals surface area contributed by atoms with Gasteiger partial charge >= 0.3 is 0 Å². The highest BCUT2D eigenvalue weighted by atomic mass is 32.2. The fourth-order valence-electron chi connectivity index (χ4n) is 2.45. The lowest BCUT2D eigenvalue weighted by molar-refractivity contribution is -0.130. The standard InChI is InChI=1S/C14H19NO3S/c1-12(16)15-9-7-13(8-10-15)11-19(17,18)14-5-3-2-4-6-14/h2-6,13H,7-11H2,1H3. The molecular weight excluding hydrogens is 262 g/mol. The summed E-state index contributed by atoms with van der Waals surface area (Å²) in [6.07, 6.45) is 1.54. The lowest BCUT2D eigenvalue weighted by atomic mass is 9.99. The molecule has 0 spiro atoms. The van der Waals surface area contributed by atoms with E-state index in [2.05, 4.69) is 0 Å². The third-order valence-corrected chi connectivity index (χ3v) is 5.52. The van der Waals surface area contributed by atoms with Crippen molar-refractivity contribution in [2.24, 2.45) is 5.92 Å². The average molecular weight is 281 g/mol. The van der Waals surface area contributed by atoms with Gasteiger partial charge in [0, 0.05) is 20.0 Å². The third kappa shape index (κ3) is 3.56. The lowest BCUT2D eigenvalue weighted by Crippen LogP contribution is -2.38. The number of carbonyl (C=O) groups excluding carboxylic acids is 1. The summed E-state index contributed by atoms with van der Waals surface area (Å²) in [6, 6.07) is 8.57. The summed E-state index contributed by atoms with van der Waals surface area (Å²) in [5.41, 5.74) is 0. The molecule has 0 aromatic heterocycles. The molecule has 1 aliphatic heterocycles. The Morgan fingerprint density at radius 1 is 1.21 bits per heavy atom. The molecule has 4 nitrogen and oxygen atoms in total. The van der Waals surface area contributed by atoms with Crippen LogP contribution in [0.25, 0.3) is 0 Å². The molecule has 1 amide bonds. The number of hydrogen-bond acceptors (Lipinski definition) is 3. The van der Waals surface area contributed by atoms with Gasteiger partial charge < -0.3 is 4.90 Å². The first-order chi connectivity index (χ1) is 8.99. The minimum atomic E-state index is -3.20. The first-order valence-electron chi connectivity index (χ1n) is 6.52. The van der Waals surface area contributed by atoms with Gasteiger partial charge in [0.1, 0.15) is 0 Å². The van der Waals surface area contributed by atoms with Crippen molar-refractivity contribution in [2.45, 2.75) is 24.7 Å². The van der Waals surface area contributed by atoms with Crippen molar-refractivity contribution in [3.8, 4) is 0 Å². The van der Waals surface area contributed by atoms with Crippen molar-refractivity contribution in [1.29, 1.82) is 0 Å². The van der Waals surface area contributed by atoms with Crippen LogP contribution in [0.15, 0.2) is 35.2 Å². The Morgan fingerprint density at radius 3 is 2.32 bits per heavy atom. The Balaban J connectivity index is 1.98. The van der Waals surface area contributed by atoms with Crippen molar-refractivity contribution in [1.82, 2.24) is 4.90 Å². The Kier molecular flexibility index (Phi) is 4.24. The predicted octanol–water partition coefficient (Wildman–Crippen LogP) is 1.72. The lowest BCUT2D eigenvalue weighted by Gasteiger charge is -2.31. The van der Waals surface area contributed by atoms with Gasteiger partial charge in [-0.1, -0.05) is 18.2 Å². The van der Waals surface area contributed by atoms with Crippen LogP contribution in [0.4, 0.5) is 0 Å². The van der Waals surface area contributed by atoms with E-state index in [0.29, 0.717) is 18.0 Å². The molecule has 1 saturated heterocycles. The zero-order chi connectivity index (χ0) is 13.9. The topological polar surface area (TPSA) is 54.5 Å². The normalized spacial score (nSPS) is 17.4. The molecule has 0 unspecified atom stereocenters. The minimum absolute atomic E-state index is 0.0735. The highest BCUT2D eigenvalue weighted by Gasteiger charge is 2.26. The van der Waals surface area contributed by atoms with Crippen LogP contribution in [-0.2, 0) is 14.6 Å². The van der Waals surface area contributed by atoms with E-state index in [1.54, 1.807) is 36.1 Å². The first kappa shape index (κ1) is 14.1. The van der Waals surface area contributed by atoms with Crippen LogP contribution in [0, 0.1) is 5.92 Å². The molecule has 0 radical (unpaired) electrons. The molecule has 5 heteroatoms. The Hall–Kier alpha value is -1.36. The minimum Gasteiger partial charge on any atom is -0.343 e. The molecule has 1 aliphatic rings. The van der Waals surface area contributed by atoms with Crippen molar-refractivity contribution < 1.29 is 13.2 Å². The quantitative estimate of drug-likeness (QED) is 0.847. The second-order valence-corrected chi connectivity index (χ2v) is 7.08. The van der Waals surface area contributed by atoms with E-state index in [-0.39, 0.29) is 17.6 Å². The fraction of sp³-hybridized carbons (Fsp3) is 0.500. The molecule has 104 valence electrons. The maximum absolute atomic E-state index is 12.2. The van der Waals surface area contributed by atoms with Crippen molar-refractivity contribution in [3.05, 3.63) is 30.3 Å². The fourth-order valence-corrected chi connectivity index (χ4v) is 4.17. The summed E-state index contributed by atoms with van der Waals surface area (Å²) >= 11 is 0. The number of benzene rings is 1.